The van der Waals surface area contributed by atoms with Crippen molar-refractivity contribution in [2.45, 2.75) is 4.84 Å². The van der Waals surface area contributed by atoms with Gasteiger partial charge in [0.25, 0.3) is 5.69 Å². The molecule has 0 saturated heterocycles. The van der Waals surface area contributed by atoms with Gasteiger partial charge >= 0.3 is 0 Å². The van der Waals surface area contributed by atoms with E-state index in [0.717, 1.165) is 0 Å². The molecule has 0 saturated carbocycles. The highest BCUT2D eigenvalue weighted by molar-refractivity contribution is 9.10. The fourth-order valence-corrected chi connectivity index (χ4v) is 1.58. The van der Waals surface area contributed by atoms with E-state index in [0.29, 0.717) is 10.0 Å². The van der Waals surface area contributed by atoms with Crippen molar-refractivity contribution in [2.75, 3.05) is 0 Å². The van der Waals surface area contributed by atoms with Crippen LogP contribution < -0.4 is 0 Å². The van der Waals surface area contributed by atoms with Gasteiger partial charge in [0.1, 0.15) is 4.84 Å². The second-order valence-electron chi connectivity index (χ2n) is 2.26. The zero-order valence-corrected chi connectivity index (χ0v) is 9.30. The molecular formula is C7H4BrCl2NO2. The van der Waals surface area contributed by atoms with Gasteiger partial charge in [0.2, 0.25) is 0 Å². The van der Waals surface area contributed by atoms with Crippen molar-refractivity contribution in [1.29, 1.82) is 0 Å². The summed E-state index contributed by atoms with van der Waals surface area (Å²) in [5, 5.41) is 10.5. The Kier molecular flexibility index (Phi) is 3.53. The summed E-state index contributed by atoms with van der Waals surface area (Å²) in [5.74, 6) is 0. The molecule has 0 N–H and O–H groups in total. The summed E-state index contributed by atoms with van der Waals surface area (Å²) in [5.41, 5.74) is 0.223. The zero-order valence-electron chi connectivity index (χ0n) is 6.21. The van der Waals surface area contributed by atoms with Crippen molar-refractivity contribution >= 4 is 44.8 Å². The van der Waals surface area contributed by atoms with E-state index in [9.17, 15) is 10.1 Å². The van der Waals surface area contributed by atoms with Crippen molar-refractivity contribution in [1.82, 2.24) is 0 Å². The Hall–Kier alpha value is -0.320. The van der Waals surface area contributed by atoms with E-state index in [4.69, 9.17) is 23.2 Å². The van der Waals surface area contributed by atoms with E-state index in [-0.39, 0.29) is 5.69 Å². The highest BCUT2D eigenvalue weighted by atomic mass is 79.9. The van der Waals surface area contributed by atoms with E-state index in [1.807, 2.05) is 0 Å². The molecule has 0 unspecified atom stereocenters. The molecule has 6 heteroatoms. The Morgan fingerprint density at radius 2 is 2.08 bits per heavy atom. The highest BCUT2D eigenvalue weighted by Crippen LogP contribution is 2.34. The van der Waals surface area contributed by atoms with Crippen LogP contribution in [0.15, 0.2) is 22.7 Å². The van der Waals surface area contributed by atoms with Gasteiger partial charge in [0.15, 0.2) is 0 Å². The van der Waals surface area contributed by atoms with Crippen LogP contribution in [0.1, 0.15) is 10.4 Å². The Morgan fingerprint density at radius 3 is 2.54 bits per heavy atom. The molecule has 0 aliphatic heterocycles. The number of nitro groups is 1. The normalized spacial score (nSPS) is 10.5. The van der Waals surface area contributed by atoms with Gasteiger partial charge in [-0.25, -0.2) is 0 Å². The molecule has 1 aromatic rings. The van der Waals surface area contributed by atoms with Crippen LogP contribution in [-0.4, -0.2) is 4.92 Å². The monoisotopic (exact) mass is 283 g/mol. The summed E-state index contributed by atoms with van der Waals surface area (Å²) in [7, 11) is 0. The van der Waals surface area contributed by atoms with Crippen LogP contribution in [0.5, 0.6) is 0 Å². The first-order valence-corrected chi connectivity index (χ1v) is 4.91. The molecular weight excluding hydrogens is 281 g/mol. The molecule has 0 aliphatic rings. The molecule has 0 aliphatic carbocycles. The lowest BCUT2D eigenvalue weighted by Gasteiger charge is -2.02. The van der Waals surface area contributed by atoms with E-state index in [1.54, 1.807) is 6.07 Å². The SMILES string of the molecule is O=[N+]([O-])c1cc(Br)ccc1C(Cl)Cl. The van der Waals surface area contributed by atoms with Crippen LogP contribution in [-0.2, 0) is 0 Å². The van der Waals surface area contributed by atoms with Crippen molar-refractivity contribution in [3.05, 3.63) is 38.3 Å². The molecule has 1 aromatic carbocycles. The number of halogens is 3. The average molecular weight is 285 g/mol. The lowest BCUT2D eigenvalue weighted by Crippen LogP contribution is -1.94. The highest BCUT2D eigenvalue weighted by Gasteiger charge is 2.18. The molecule has 0 atom stereocenters. The fourth-order valence-electron chi connectivity index (χ4n) is 0.859. The topological polar surface area (TPSA) is 43.1 Å². The number of nitro benzene ring substituents is 1. The summed E-state index contributed by atoms with van der Waals surface area (Å²) in [6, 6.07) is 4.54. The van der Waals surface area contributed by atoms with Crippen LogP contribution in [0.4, 0.5) is 5.69 Å². The minimum atomic E-state index is -0.881. The lowest BCUT2D eigenvalue weighted by atomic mass is 10.2. The number of rotatable bonds is 2. The molecule has 13 heavy (non-hydrogen) atoms. The molecule has 0 fully saturated rings. The summed E-state index contributed by atoms with van der Waals surface area (Å²) < 4.78 is 0.622. The molecule has 0 aromatic heterocycles. The third-order valence-electron chi connectivity index (χ3n) is 1.42. The maximum atomic E-state index is 10.5. The Labute approximate surface area is 92.9 Å². The Morgan fingerprint density at radius 1 is 1.46 bits per heavy atom. The summed E-state index contributed by atoms with van der Waals surface area (Å²) in [6.45, 7) is 0. The first-order valence-electron chi connectivity index (χ1n) is 3.24. The van der Waals surface area contributed by atoms with Crippen LogP contribution in [0.25, 0.3) is 0 Å². The Bertz CT molecular complexity index is 343. The maximum absolute atomic E-state index is 10.5. The molecule has 0 bridgehead atoms. The van der Waals surface area contributed by atoms with E-state index >= 15 is 0 Å². The van der Waals surface area contributed by atoms with Crippen LogP contribution >= 0.6 is 39.1 Å². The summed E-state index contributed by atoms with van der Waals surface area (Å²) in [4.78, 5) is 9.15. The number of hydrogen-bond donors (Lipinski definition) is 0. The van der Waals surface area contributed by atoms with E-state index in [1.165, 1.54) is 12.1 Å². The predicted molar refractivity (Wildman–Crippen MR) is 55.2 cm³/mol. The fraction of sp³-hybridized carbons (Fsp3) is 0.143. The number of benzene rings is 1. The van der Waals surface area contributed by atoms with Crippen molar-refractivity contribution < 1.29 is 4.92 Å². The van der Waals surface area contributed by atoms with Gasteiger partial charge in [-0.3, -0.25) is 10.1 Å². The number of alkyl halides is 2. The molecule has 0 spiro atoms. The van der Waals surface area contributed by atoms with E-state index < -0.39 is 9.76 Å². The summed E-state index contributed by atoms with van der Waals surface area (Å²) >= 11 is 14.2. The van der Waals surface area contributed by atoms with Gasteiger partial charge in [-0.05, 0) is 12.1 Å². The van der Waals surface area contributed by atoms with Crippen molar-refractivity contribution in [3.63, 3.8) is 0 Å². The average Bonchev–Trinajstić information content (AvgIpc) is 2.03. The molecule has 0 amide bonds. The third-order valence-corrected chi connectivity index (χ3v) is 2.39. The minimum absolute atomic E-state index is 0.0793. The van der Waals surface area contributed by atoms with Crippen molar-refractivity contribution in [3.8, 4) is 0 Å². The van der Waals surface area contributed by atoms with Crippen LogP contribution in [0, 0.1) is 10.1 Å². The second kappa shape index (κ2) is 4.26. The number of nitrogens with zero attached hydrogens (tertiary/aromatic N) is 1. The predicted octanol–water partition coefficient (Wildman–Crippen LogP) is 3.83. The third kappa shape index (κ3) is 2.56. The number of hydrogen-bond acceptors (Lipinski definition) is 2. The first kappa shape index (κ1) is 10.8. The van der Waals surface area contributed by atoms with Gasteiger partial charge in [0, 0.05) is 10.5 Å². The van der Waals surface area contributed by atoms with Gasteiger partial charge in [-0.15, -0.1) is 0 Å². The maximum Gasteiger partial charge on any atom is 0.276 e. The molecule has 0 heterocycles. The van der Waals surface area contributed by atoms with Gasteiger partial charge < -0.3 is 0 Å². The lowest BCUT2D eigenvalue weighted by molar-refractivity contribution is -0.385. The van der Waals surface area contributed by atoms with Crippen molar-refractivity contribution in [2.24, 2.45) is 0 Å². The van der Waals surface area contributed by atoms with Crippen LogP contribution in [0.3, 0.4) is 0 Å². The molecule has 70 valence electrons. The molecule has 1 rings (SSSR count). The largest absolute Gasteiger partial charge is 0.276 e. The quantitative estimate of drug-likeness (QED) is 0.470. The first-order chi connectivity index (χ1) is 6.02. The van der Waals surface area contributed by atoms with Gasteiger partial charge in [0.05, 0.1) is 10.5 Å². The smallest absolute Gasteiger partial charge is 0.258 e. The molecule has 0 radical (unpaired) electrons. The standard InChI is InChI=1S/C7H4BrCl2NO2/c8-4-1-2-5(7(9)10)6(3-4)11(12)13/h1-3,7H. The zero-order chi connectivity index (χ0) is 10.0. The Balaban J connectivity index is 3.27. The van der Waals surface area contributed by atoms with E-state index in [2.05, 4.69) is 15.9 Å². The van der Waals surface area contributed by atoms with Gasteiger partial charge in [-0.2, -0.15) is 0 Å². The van der Waals surface area contributed by atoms with Gasteiger partial charge in [-0.1, -0.05) is 39.1 Å². The summed E-state index contributed by atoms with van der Waals surface area (Å²) in [6.07, 6.45) is 0. The van der Waals surface area contributed by atoms with Crippen LogP contribution in [0.2, 0.25) is 0 Å². The molecule has 3 nitrogen and oxygen atoms in total. The second-order valence-corrected chi connectivity index (χ2v) is 4.27. The minimum Gasteiger partial charge on any atom is -0.258 e.